The van der Waals surface area contributed by atoms with E-state index >= 15 is 0 Å². The second-order valence-corrected chi connectivity index (χ2v) is 1.89. The molecule has 10 heavy (non-hydrogen) atoms. The van der Waals surface area contributed by atoms with Crippen molar-refractivity contribution in [3.63, 3.8) is 0 Å². The molecule has 0 aliphatic carbocycles. The van der Waals surface area contributed by atoms with Gasteiger partial charge in [-0.2, -0.15) is 10.2 Å². The summed E-state index contributed by atoms with van der Waals surface area (Å²) in [6.45, 7) is 0. The summed E-state index contributed by atoms with van der Waals surface area (Å²) in [5.41, 5.74) is 0.919. The summed E-state index contributed by atoms with van der Waals surface area (Å²) in [4.78, 5) is 0. The zero-order valence-electron chi connectivity index (χ0n) is 5.54. The van der Waals surface area contributed by atoms with Gasteiger partial charge in [0, 0.05) is 19.0 Å². The minimum Gasteiger partial charge on any atom is -0.159 e. The Labute approximate surface area is 60.3 Å². The summed E-state index contributed by atoms with van der Waals surface area (Å²) in [6.07, 6.45) is 9.68. The van der Waals surface area contributed by atoms with E-state index in [1.54, 1.807) is 6.20 Å². The van der Waals surface area contributed by atoms with Gasteiger partial charge in [0.2, 0.25) is 0 Å². The maximum atomic E-state index is 6.65. The number of hydrogen-bond donors (Lipinski definition) is 0. The van der Waals surface area contributed by atoms with Crippen molar-refractivity contribution in [2.45, 2.75) is 12.8 Å². The predicted molar refractivity (Wildman–Crippen MR) is 37.5 cm³/mol. The lowest BCUT2D eigenvalue weighted by atomic mass is 10.2. The monoisotopic (exact) mass is 131 g/mol. The van der Waals surface area contributed by atoms with Crippen molar-refractivity contribution in [3.8, 4) is 5.92 Å². The highest BCUT2D eigenvalue weighted by Gasteiger charge is 1.89. The molecule has 0 bridgehead atoms. The van der Waals surface area contributed by atoms with Crippen LogP contribution in [0.2, 0.25) is 0 Å². The first kappa shape index (κ1) is 6.76. The Morgan fingerprint density at radius 2 is 2.50 bits per heavy atom. The van der Waals surface area contributed by atoms with Crippen molar-refractivity contribution in [1.82, 2.24) is 10.2 Å². The van der Waals surface area contributed by atoms with Crippen LogP contribution < -0.4 is 0 Å². The van der Waals surface area contributed by atoms with Crippen LogP contribution in [0.1, 0.15) is 12.1 Å². The summed E-state index contributed by atoms with van der Waals surface area (Å²) in [7, 11) is 0. The van der Waals surface area contributed by atoms with E-state index in [4.69, 9.17) is 6.42 Å². The minimum atomic E-state index is 0.624. The quantitative estimate of drug-likeness (QED) is 0.559. The van der Waals surface area contributed by atoms with Crippen LogP contribution in [0.5, 0.6) is 0 Å². The molecule has 0 atom stereocenters. The highest BCUT2D eigenvalue weighted by Crippen LogP contribution is 1.94. The SMILES string of the molecule is [C]#CCCc1cccnn1. The molecule has 0 saturated carbocycles. The van der Waals surface area contributed by atoms with Crippen molar-refractivity contribution in [2.75, 3.05) is 0 Å². The maximum Gasteiger partial charge on any atom is 0.0640 e. The molecule has 0 saturated heterocycles. The van der Waals surface area contributed by atoms with Gasteiger partial charge < -0.3 is 0 Å². The molecule has 0 fully saturated rings. The highest BCUT2D eigenvalue weighted by atomic mass is 15.1. The van der Waals surface area contributed by atoms with Gasteiger partial charge in [-0.1, -0.05) is 5.92 Å². The van der Waals surface area contributed by atoms with Crippen LogP contribution in [-0.4, -0.2) is 10.2 Å². The number of hydrogen-bond acceptors (Lipinski definition) is 2. The smallest absolute Gasteiger partial charge is 0.0640 e. The Morgan fingerprint density at radius 3 is 3.10 bits per heavy atom. The van der Waals surface area contributed by atoms with Crippen molar-refractivity contribution >= 4 is 0 Å². The van der Waals surface area contributed by atoms with Gasteiger partial charge >= 0.3 is 0 Å². The fraction of sp³-hybridized carbons (Fsp3) is 0.250. The zero-order chi connectivity index (χ0) is 7.23. The molecule has 0 aromatic carbocycles. The molecule has 0 aliphatic rings. The Balaban J connectivity index is 2.52. The van der Waals surface area contributed by atoms with Gasteiger partial charge in [-0.25, -0.2) is 0 Å². The fourth-order valence-electron chi connectivity index (χ4n) is 0.657. The van der Waals surface area contributed by atoms with Crippen LogP contribution in [0.25, 0.3) is 0 Å². The lowest BCUT2D eigenvalue weighted by molar-refractivity contribution is 0.885. The van der Waals surface area contributed by atoms with Gasteiger partial charge in [-0.3, -0.25) is 0 Å². The molecule has 1 aromatic heterocycles. The summed E-state index contributed by atoms with van der Waals surface area (Å²) in [5, 5.41) is 7.54. The van der Waals surface area contributed by atoms with E-state index in [0.29, 0.717) is 6.42 Å². The standard InChI is InChI=1S/C8H7N2/c1-2-3-5-8-6-4-7-9-10-8/h4,6-7H,3,5H2. The molecule has 1 aromatic rings. The van der Waals surface area contributed by atoms with Crippen LogP contribution >= 0.6 is 0 Å². The van der Waals surface area contributed by atoms with Crippen LogP contribution in [0.15, 0.2) is 18.3 Å². The minimum absolute atomic E-state index is 0.624. The third-order valence-corrected chi connectivity index (χ3v) is 1.13. The topological polar surface area (TPSA) is 25.8 Å². The molecule has 1 heterocycles. The van der Waals surface area contributed by atoms with Crippen LogP contribution in [0, 0.1) is 12.3 Å². The lowest BCUT2D eigenvalue weighted by Gasteiger charge is -1.91. The van der Waals surface area contributed by atoms with Crippen LogP contribution in [0.3, 0.4) is 0 Å². The molecule has 2 nitrogen and oxygen atoms in total. The predicted octanol–water partition coefficient (Wildman–Crippen LogP) is 0.999. The van der Waals surface area contributed by atoms with E-state index in [0.717, 1.165) is 12.1 Å². The highest BCUT2D eigenvalue weighted by molar-refractivity contribution is 5.00. The molecule has 0 unspecified atom stereocenters. The Bertz CT molecular complexity index is 223. The van der Waals surface area contributed by atoms with Crippen molar-refractivity contribution in [2.24, 2.45) is 0 Å². The molecule has 0 amide bonds. The Hall–Kier alpha value is -1.36. The molecular formula is C8H7N2. The Morgan fingerprint density at radius 1 is 1.60 bits per heavy atom. The van der Waals surface area contributed by atoms with Gasteiger partial charge in [0.1, 0.15) is 0 Å². The summed E-state index contributed by atoms with van der Waals surface area (Å²) in [5.74, 6) is 2.30. The van der Waals surface area contributed by atoms with E-state index in [1.165, 1.54) is 0 Å². The van der Waals surface area contributed by atoms with E-state index < -0.39 is 0 Å². The molecule has 1 rings (SSSR count). The Kier molecular flexibility index (Phi) is 2.45. The van der Waals surface area contributed by atoms with E-state index in [1.807, 2.05) is 12.1 Å². The van der Waals surface area contributed by atoms with Crippen LogP contribution in [0.4, 0.5) is 0 Å². The molecule has 0 spiro atoms. The zero-order valence-corrected chi connectivity index (χ0v) is 5.54. The molecular weight excluding hydrogens is 124 g/mol. The number of aromatic nitrogens is 2. The second kappa shape index (κ2) is 3.62. The summed E-state index contributed by atoms with van der Waals surface area (Å²) < 4.78 is 0. The fourth-order valence-corrected chi connectivity index (χ4v) is 0.657. The summed E-state index contributed by atoms with van der Waals surface area (Å²) in [6, 6.07) is 3.73. The molecule has 0 N–H and O–H groups in total. The first-order chi connectivity index (χ1) is 4.93. The largest absolute Gasteiger partial charge is 0.159 e. The molecule has 0 aliphatic heterocycles. The van der Waals surface area contributed by atoms with E-state index in [2.05, 4.69) is 16.1 Å². The van der Waals surface area contributed by atoms with Gasteiger partial charge in [0.25, 0.3) is 0 Å². The summed E-state index contributed by atoms with van der Waals surface area (Å²) >= 11 is 0. The second-order valence-electron chi connectivity index (χ2n) is 1.89. The normalized spacial score (nSPS) is 8.70. The van der Waals surface area contributed by atoms with Crippen molar-refractivity contribution < 1.29 is 0 Å². The van der Waals surface area contributed by atoms with Crippen molar-refractivity contribution in [3.05, 3.63) is 30.4 Å². The van der Waals surface area contributed by atoms with Crippen LogP contribution in [-0.2, 0) is 6.42 Å². The van der Waals surface area contributed by atoms with Gasteiger partial charge in [-0.15, -0.1) is 0 Å². The number of aryl methyl sites for hydroxylation is 1. The third-order valence-electron chi connectivity index (χ3n) is 1.13. The number of rotatable bonds is 2. The lowest BCUT2D eigenvalue weighted by Crippen LogP contribution is -1.89. The average molecular weight is 131 g/mol. The van der Waals surface area contributed by atoms with E-state index in [-0.39, 0.29) is 0 Å². The molecule has 1 radical (unpaired) electrons. The third kappa shape index (κ3) is 1.87. The van der Waals surface area contributed by atoms with Crippen molar-refractivity contribution in [1.29, 1.82) is 0 Å². The van der Waals surface area contributed by atoms with Gasteiger partial charge in [0.15, 0.2) is 0 Å². The van der Waals surface area contributed by atoms with Gasteiger partial charge in [-0.05, 0) is 18.6 Å². The first-order valence-electron chi connectivity index (χ1n) is 3.09. The molecule has 2 heteroatoms. The molecule has 49 valence electrons. The average Bonchev–Trinajstić information content (AvgIpc) is 2.03. The number of nitrogens with zero attached hydrogens (tertiary/aromatic N) is 2. The first-order valence-corrected chi connectivity index (χ1v) is 3.09. The van der Waals surface area contributed by atoms with Gasteiger partial charge in [0.05, 0.1) is 5.69 Å². The maximum absolute atomic E-state index is 6.65. The van der Waals surface area contributed by atoms with E-state index in [9.17, 15) is 0 Å².